The monoisotopic (exact) mass is 242 g/mol. The van der Waals surface area contributed by atoms with E-state index in [2.05, 4.69) is 32.6 Å². The molecule has 1 heterocycles. The maximum Gasteiger partial charge on any atom is 0.0510 e. The molecule has 17 heavy (non-hydrogen) atoms. The van der Waals surface area contributed by atoms with Gasteiger partial charge in [0.2, 0.25) is 0 Å². The van der Waals surface area contributed by atoms with E-state index in [0.717, 1.165) is 45.6 Å². The normalized spacial score (nSPS) is 23.3. The molecule has 1 fully saturated rings. The van der Waals surface area contributed by atoms with Crippen molar-refractivity contribution >= 4 is 0 Å². The van der Waals surface area contributed by atoms with Gasteiger partial charge in [-0.1, -0.05) is 27.7 Å². The van der Waals surface area contributed by atoms with Crippen LogP contribution >= 0.6 is 0 Å². The van der Waals surface area contributed by atoms with Crippen molar-refractivity contribution in [3.8, 4) is 0 Å². The van der Waals surface area contributed by atoms with Gasteiger partial charge in [-0.25, -0.2) is 0 Å². The lowest BCUT2D eigenvalue weighted by Gasteiger charge is -2.48. The summed E-state index contributed by atoms with van der Waals surface area (Å²) in [5.41, 5.74) is 6.76. The van der Waals surface area contributed by atoms with Crippen molar-refractivity contribution < 1.29 is 4.74 Å². The number of hydrogen-bond donors (Lipinski definition) is 1. The number of ether oxygens (including phenoxy) is 1. The zero-order chi connectivity index (χ0) is 12.9. The number of hydrogen-bond acceptors (Lipinski definition) is 3. The Morgan fingerprint density at radius 1 is 1.24 bits per heavy atom. The van der Waals surface area contributed by atoms with Gasteiger partial charge in [-0.05, 0) is 32.4 Å². The summed E-state index contributed by atoms with van der Waals surface area (Å²) in [6, 6.07) is 0.236. The van der Waals surface area contributed by atoms with E-state index in [1.807, 2.05) is 0 Å². The van der Waals surface area contributed by atoms with Crippen molar-refractivity contribution in [3.63, 3.8) is 0 Å². The molecule has 0 aromatic carbocycles. The summed E-state index contributed by atoms with van der Waals surface area (Å²) in [6.07, 6.45) is 3.38. The van der Waals surface area contributed by atoms with Crippen LogP contribution in [0.15, 0.2) is 0 Å². The van der Waals surface area contributed by atoms with Crippen molar-refractivity contribution in [2.24, 2.45) is 11.7 Å². The Morgan fingerprint density at radius 2 is 1.82 bits per heavy atom. The van der Waals surface area contributed by atoms with Gasteiger partial charge in [0.25, 0.3) is 0 Å². The highest BCUT2D eigenvalue weighted by Crippen LogP contribution is 2.33. The second-order valence-corrected chi connectivity index (χ2v) is 5.13. The number of rotatable bonds is 7. The molecule has 2 N–H and O–H groups in total. The first-order valence-electron chi connectivity index (χ1n) is 7.24. The molecule has 0 aromatic rings. The molecule has 1 rings (SSSR count). The average Bonchev–Trinajstić information content (AvgIpc) is 2.89. The molecule has 0 amide bonds. The predicted molar refractivity (Wildman–Crippen MR) is 73.1 cm³/mol. The van der Waals surface area contributed by atoms with Crippen LogP contribution in [0.25, 0.3) is 0 Å². The Balaban J connectivity index is 2.87. The fourth-order valence-electron chi connectivity index (χ4n) is 3.51. The van der Waals surface area contributed by atoms with Gasteiger partial charge in [0.15, 0.2) is 0 Å². The molecule has 0 bridgehead atoms. The summed E-state index contributed by atoms with van der Waals surface area (Å²) in [5.74, 6) is 0.537. The molecule has 1 aliphatic rings. The number of likely N-dealkylation sites (N-methyl/N-ethyl adjacent to an activating group) is 1. The standard InChI is InChI=1S/C14H30N2O/c1-5-14(6-2,16(7-3)8-4)13(15)12-9-10-17-11-12/h12-13H,5-11,15H2,1-4H3. The Labute approximate surface area is 107 Å². The van der Waals surface area contributed by atoms with Gasteiger partial charge in [-0.3, -0.25) is 4.90 Å². The van der Waals surface area contributed by atoms with Crippen LogP contribution in [0.1, 0.15) is 47.0 Å². The van der Waals surface area contributed by atoms with E-state index in [1.54, 1.807) is 0 Å². The first-order chi connectivity index (χ1) is 8.16. The molecule has 1 aliphatic heterocycles. The largest absolute Gasteiger partial charge is 0.381 e. The smallest absolute Gasteiger partial charge is 0.0510 e. The molecular weight excluding hydrogens is 212 g/mol. The molecule has 3 nitrogen and oxygen atoms in total. The van der Waals surface area contributed by atoms with Gasteiger partial charge in [0.1, 0.15) is 0 Å². The molecule has 1 saturated heterocycles. The Morgan fingerprint density at radius 3 is 2.18 bits per heavy atom. The summed E-state index contributed by atoms with van der Waals surface area (Å²) in [4.78, 5) is 2.55. The lowest BCUT2D eigenvalue weighted by atomic mass is 9.76. The fraction of sp³-hybridized carbons (Fsp3) is 1.00. The molecule has 0 radical (unpaired) electrons. The summed E-state index contributed by atoms with van der Waals surface area (Å²) in [6.45, 7) is 12.9. The lowest BCUT2D eigenvalue weighted by Crippen LogP contribution is -2.62. The first-order valence-corrected chi connectivity index (χ1v) is 7.24. The minimum absolute atomic E-state index is 0.155. The van der Waals surface area contributed by atoms with E-state index in [1.165, 1.54) is 0 Å². The van der Waals surface area contributed by atoms with E-state index in [4.69, 9.17) is 10.5 Å². The van der Waals surface area contributed by atoms with Gasteiger partial charge < -0.3 is 10.5 Å². The van der Waals surface area contributed by atoms with Crippen LogP contribution < -0.4 is 5.73 Å². The molecule has 0 aliphatic carbocycles. The minimum Gasteiger partial charge on any atom is -0.381 e. The molecular formula is C14H30N2O. The van der Waals surface area contributed by atoms with Crippen LogP contribution in [0.5, 0.6) is 0 Å². The maximum absolute atomic E-state index is 6.61. The van der Waals surface area contributed by atoms with Crippen molar-refractivity contribution in [1.82, 2.24) is 4.90 Å². The SMILES string of the molecule is CCN(CC)C(CC)(CC)C(N)C1CCOC1. The summed E-state index contributed by atoms with van der Waals surface area (Å²) in [7, 11) is 0. The van der Waals surface area contributed by atoms with Gasteiger partial charge in [-0.15, -0.1) is 0 Å². The van der Waals surface area contributed by atoms with E-state index in [9.17, 15) is 0 Å². The highest BCUT2D eigenvalue weighted by Gasteiger charge is 2.42. The molecule has 2 unspecified atom stereocenters. The highest BCUT2D eigenvalue weighted by atomic mass is 16.5. The van der Waals surface area contributed by atoms with Gasteiger partial charge in [0, 0.05) is 24.1 Å². The third kappa shape index (κ3) is 2.83. The minimum atomic E-state index is 0.155. The summed E-state index contributed by atoms with van der Waals surface area (Å²) >= 11 is 0. The van der Waals surface area contributed by atoms with Crippen LogP contribution in [0.2, 0.25) is 0 Å². The topological polar surface area (TPSA) is 38.5 Å². The number of nitrogens with zero attached hydrogens (tertiary/aromatic N) is 1. The number of nitrogens with two attached hydrogens (primary N) is 1. The second-order valence-electron chi connectivity index (χ2n) is 5.13. The van der Waals surface area contributed by atoms with Gasteiger partial charge in [-0.2, -0.15) is 0 Å². The predicted octanol–water partition coefficient (Wildman–Crippen LogP) is 2.25. The van der Waals surface area contributed by atoms with Crippen LogP contribution in [-0.4, -0.2) is 42.8 Å². The van der Waals surface area contributed by atoms with Crippen LogP contribution in [0, 0.1) is 5.92 Å². The van der Waals surface area contributed by atoms with Crippen LogP contribution in [0.4, 0.5) is 0 Å². The van der Waals surface area contributed by atoms with Crippen molar-refractivity contribution in [2.45, 2.75) is 58.5 Å². The Kier molecular flexibility index (Phi) is 5.90. The molecule has 0 saturated carbocycles. The fourth-order valence-corrected chi connectivity index (χ4v) is 3.51. The van der Waals surface area contributed by atoms with Crippen molar-refractivity contribution in [1.29, 1.82) is 0 Å². The lowest BCUT2D eigenvalue weighted by molar-refractivity contribution is 0.0389. The second kappa shape index (κ2) is 6.72. The van der Waals surface area contributed by atoms with E-state index in [0.29, 0.717) is 5.92 Å². The molecule has 0 spiro atoms. The quantitative estimate of drug-likeness (QED) is 0.744. The van der Waals surface area contributed by atoms with Gasteiger partial charge >= 0.3 is 0 Å². The summed E-state index contributed by atoms with van der Waals surface area (Å²) in [5, 5.41) is 0. The third-order valence-electron chi connectivity index (χ3n) is 4.71. The van der Waals surface area contributed by atoms with Crippen LogP contribution in [-0.2, 0) is 4.74 Å². The highest BCUT2D eigenvalue weighted by molar-refractivity contribution is 5.00. The maximum atomic E-state index is 6.61. The zero-order valence-electron chi connectivity index (χ0n) is 12.0. The van der Waals surface area contributed by atoms with Crippen molar-refractivity contribution in [2.75, 3.05) is 26.3 Å². The summed E-state index contributed by atoms with van der Waals surface area (Å²) < 4.78 is 5.51. The molecule has 102 valence electrons. The molecule has 0 aromatic heterocycles. The Hall–Kier alpha value is -0.120. The van der Waals surface area contributed by atoms with E-state index < -0.39 is 0 Å². The Bertz CT molecular complexity index is 206. The van der Waals surface area contributed by atoms with Crippen LogP contribution in [0.3, 0.4) is 0 Å². The average molecular weight is 242 g/mol. The van der Waals surface area contributed by atoms with Gasteiger partial charge in [0.05, 0.1) is 6.61 Å². The van der Waals surface area contributed by atoms with E-state index >= 15 is 0 Å². The van der Waals surface area contributed by atoms with E-state index in [-0.39, 0.29) is 11.6 Å². The molecule has 3 heteroatoms. The van der Waals surface area contributed by atoms with Crippen molar-refractivity contribution in [3.05, 3.63) is 0 Å². The third-order valence-corrected chi connectivity index (χ3v) is 4.71. The first kappa shape index (κ1) is 14.9. The zero-order valence-corrected chi connectivity index (χ0v) is 12.0. The molecule has 2 atom stereocenters.